The summed E-state index contributed by atoms with van der Waals surface area (Å²) in [5, 5.41) is 8.11. The average molecular weight is 382 g/mol. The van der Waals surface area contributed by atoms with Gasteiger partial charge in [0.2, 0.25) is 11.8 Å². The van der Waals surface area contributed by atoms with E-state index in [0.29, 0.717) is 22.5 Å². The molecule has 0 aliphatic carbocycles. The third kappa shape index (κ3) is 5.65. The monoisotopic (exact) mass is 382 g/mol. The number of carbonyl (C=O) groups is 3. The van der Waals surface area contributed by atoms with Crippen LogP contribution in [0.1, 0.15) is 29.8 Å². The molecule has 3 amide bonds. The van der Waals surface area contributed by atoms with E-state index in [1.54, 1.807) is 49.4 Å². The van der Waals surface area contributed by atoms with Crippen LogP contribution in [-0.4, -0.2) is 30.3 Å². The number of benzene rings is 2. The second-order valence-electron chi connectivity index (χ2n) is 6.83. The van der Waals surface area contributed by atoms with Gasteiger partial charge in [0.15, 0.2) is 0 Å². The molecule has 0 fully saturated rings. The third-order valence-corrected chi connectivity index (χ3v) is 4.34. The predicted molar refractivity (Wildman–Crippen MR) is 110 cm³/mol. The molecule has 0 aliphatic heterocycles. The Balaban J connectivity index is 1.99. The summed E-state index contributed by atoms with van der Waals surface area (Å²) in [6, 6.07) is 13.4. The minimum absolute atomic E-state index is 0.0183. The first-order valence-electron chi connectivity index (χ1n) is 9.08. The van der Waals surface area contributed by atoms with Crippen molar-refractivity contribution in [2.75, 3.05) is 17.2 Å². The van der Waals surface area contributed by atoms with E-state index < -0.39 is 6.04 Å². The van der Waals surface area contributed by atoms with E-state index in [1.165, 1.54) is 0 Å². The van der Waals surface area contributed by atoms with Crippen molar-refractivity contribution in [2.24, 2.45) is 11.7 Å². The Morgan fingerprint density at radius 3 is 2.14 bits per heavy atom. The first kappa shape index (κ1) is 21.1. The summed E-state index contributed by atoms with van der Waals surface area (Å²) in [4.78, 5) is 36.4. The Morgan fingerprint density at radius 2 is 1.54 bits per heavy atom. The van der Waals surface area contributed by atoms with Crippen molar-refractivity contribution in [2.45, 2.75) is 26.8 Å². The van der Waals surface area contributed by atoms with Crippen molar-refractivity contribution in [1.82, 2.24) is 5.32 Å². The van der Waals surface area contributed by atoms with Gasteiger partial charge in [-0.2, -0.15) is 0 Å². The Labute approximate surface area is 164 Å². The van der Waals surface area contributed by atoms with Crippen LogP contribution in [0.2, 0.25) is 0 Å². The van der Waals surface area contributed by atoms with Gasteiger partial charge in [0.1, 0.15) is 0 Å². The number of carbonyl (C=O) groups excluding carboxylic acids is 3. The van der Waals surface area contributed by atoms with Crippen molar-refractivity contribution < 1.29 is 14.4 Å². The molecule has 0 heterocycles. The normalized spacial score (nSPS) is 11.6. The number of nitrogens with one attached hydrogen (secondary N) is 3. The SMILES string of the molecule is Cc1c(NC(=O)CNC(=O)[C@@H](N)C(C)C)cccc1NC(=O)c1ccccc1. The van der Waals surface area contributed by atoms with Crippen molar-refractivity contribution in [3.8, 4) is 0 Å². The van der Waals surface area contributed by atoms with Crippen LogP contribution in [0.4, 0.5) is 11.4 Å². The van der Waals surface area contributed by atoms with Crippen LogP contribution in [0.15, 0.2) is 48.5 Å². The molecule has 0 aromatic heterocycles. The minimum Gasteiger partial charge on any atom is -0.346 e. The summed E-state index contributed by atoms with van der Waals surface area (Å²) >= 11 is 0. The van der Waals surface area contributed by atoms with Crippen LogP contribution in [0.25, 0.3) is 0 Å². The van der Waals surface area contributed by atoms with Crippen LogP contribution in [-0.2, 0) is 9.59 Å². The van der Waals surface area contributed by atoms with Gasteiger partial charge in [-0.25, -0.2) is 0 Å². The van der Waals surface area contributed by atoms with E-state index in [9.17, 15) is 14.4 Å². The van der Waals surface area contributed by atoms with Crippen LogP contribution >= 0.6 is 0 Å². The zero-order chi connectivity index (χ0) is 20.7. The number of rotatable bonds is 7. The molecular weight excluding hydrogens is 356 g/mol. The van der Waals surface area contributed by atoms with Gasteiger partial charge in [-0.15, -0.1) is 0 Å². The van der Waals surface area contributed by atoms with E-state index in [1.807, 2.05) is 19.9 Å². The highest BCUT2D eigenvalue weighted by atomic mass is 16.2. The molecule has 2 rings (SSSR count). The van der Waals surface area contributed by atoms with Crippen molar-refractivity contribution >= 4 is 29.1 Å². The first-order chi connectivity index (χ1) is 13.3. The molecule has 0 bridgehead atoms. The van der Waals surface area contributed by atoms with E-state index >= 15 is 0 Å². The summed E-state index contributed by atoms with van der Waals surface area (Å²) in [5.41, 5.74) is 8.16. The fourth-order valence-corrected chi connectivity index (χ4v) is 2.47. The Hall–Kier alpha value is -3.19. The lowest BCUT2D eigenvalue weighted by Gasteiger charge is -2.16. The average Bonchev–Trinajstić information content (AvgIpc) is 2.69. The maximum atomic E-state index is 12.3. The molecule has 0 unspecified atom stereocenters. The predicted octanol–water partition coefficient (Wildman–Crippen LogP) is 2.29. The number of anilines is 2. The van der Waals surface area contributed by atoms with Crippen LogP contribution in [0.5, 0.6) is 0 Å². The van der Waals surface area contributed by atoms with Gasteiger partial charge >= 0.3 is 0 Å². The first-order valence-corrected chi connectivity index (χ1v) is 9.08. The molecule has 0 saturated carbocycles. The number of hydrogen-bond acceptors (Lipinski definition) is 4. The lowest BCUT2D eigenvalue weighted by molar-refractivity contribution is -0.125. The van der Waals surface area contributed by atoms with Gasteiger partial charge in [0.25, 0.3) is 5.91 Å². The van der Waals surface area contributed by atoms with Crippen LogP contribution in [0.3, 0.4) is 0 Å². The van der Waals surface area contributed by atoms with Crippen LogP contribution < -0.4 is 21.7 Å². The van der Waals surface area contributed by atoms with Gasteiger partial charge in [0.05, 0.1) is 12.6 Å². The summed E-state index contributed by atoms with van der Waals surface area (Å²) in [7, 11) is 0. The van der Waals surface area contributed by atoms with E-state index in [-0.39, 0.29) is 30.2 Å². The maximum Gasteiger partial charge on any atom is 0.255 e. The molecule has 148 valence electrons. The van der Waals surface area contributed by atoms with Gasteiger partial charge in [-0.05, 0) is 42.7 Å². The second kappa shape index (κ2) is 9.66. The zero-order valence-corrected chi connectivity index (χ0v) is 16.3. The molecule has 5 N–H and O–H groups in total. The highest BCUT2D eigenvalue weighted by Gasteiger charge is 2.18. The number of amides is 3. The van der Waals surface area contributed by atoms with Crippen LogP contribution in [0, 0.1) is 12.8 Å². The standard InChI is InChI=1S/C21H26N4O3/c1-13(2)19(22)21(28)23-12-18(26)24-16-10-7-11-17(14(16)3)25-20(27)15-8-5-4-6-9-15/h4-11,13,19H,12,22H2,1-3H3,(H,23,28)(H,24,26)(H,25,27)/t19-/m0/s1. The fraction of sp³-hybridized carbons (Fsp3) is 0.286. The van der Waals surface area contributed by atoms with E-state index in [4.69, 9.17) is 5.73 Å². The lowest BCUT2D eigenvalue weighted by atomic mass is 10.1. The Kier molecular flexibility index (Phi) is 7.28. The van der Waals surface area contributed by atoms with E-state index in [0.717, 1.165) is 0 Å². The van der Waals surface area contributed by atoms with Gasteiger partial charge < -0.3 is 21.7 Å². The maximum absolute atomic E-state index is 12.3. The van der Waals surface area contributed by atoms with E-state index in [2.05, 4.69) is 16.0 Å². The molecule has 7 heteroatoms. The molecule has 28 heavy (non-hydrogen) atoms. The smallest absolute Gasteiger partial charge is 0.255 e. The topological polar surface area (TPSA) is 113 Å². The zero-order valence-electron chi connectivity index (χ0n) is 16.3. The number of hydrogen-bond donors (Lipinski definition) is 4. The molecule has 0 radical (unpaired) electrons. The molecule has 2 aromatic carbocycles. The highest BCUT2D eigenvalue weighted by molar-refractivity contribution is 6.05. The second-order valence-corrected chi connectivity index (χ2v) is 6.83. The third-order valence-electron chi connectivity index (χ3n) is 4.34. The molecular formula is C21H26N4O3. The number of nitrogens with two attached hydrogens (primary N) is 1. The molecule has 1 atom stereocenters. The molecule has 0 spiro atoms. The molecule has 2 aromatic rings. The molecule has 7 nitrogen and oxygen atoms in total. The lowest BCUT2D eigenvalue weighted by Crippen LogP contribution is -2.46. The minimum atomic E-state index is -0.661. The highest BCUT2D eigenvalue weighted by Crippen LogP contribution is 2.23. The van der Waals surface area contributed by atoms with Gasteiger partial charge in [-0.3, -0.25) is 14.4 Å². The quantitative estimate of drug-likeness (QED) is 0.588. The molecule has 0 aliphatic rings. The largest absolute Gasteiger partial charge is 0.346 e. The summed E-state index contributed by atoms with van der Waals surface area (Å²) < 4.78 is 0. The Bertz CT molecular complexity index is 850. The summed E-state index contributed by atoms with van der Waals surface area (Å²) in [5.74, 6) is -0.998. The molecule has 0 saturated heterocycles. The van der Waals surface area contributed by atoms with Crippen molar-refractivity contribution in [3.63, 3.8) is 0 Å². The Morgan fingerprint density at radius 1 is 0.929 bits per heavy atom. The fourth-order valence-electron chi connectivity index (χ4n) is 2.47. The van der Waals surface area contributed by atoms with Gasteiger partial charge in [-0.1, -0.05) is 38.1 Å². The van der Waals surface area contributed by atoms with Gasteiger partial charge in [0, 0.05) is 16.9 Å². The van der Waals surface area contributed by atoms with Crippen molar-refractivity contribution in [3.05, 3.63) is 59.7 Å². The summed E-state index contributed by atoms with van der Waals surface area (Å²) in [6.45, 7) is 5.29. The van der Waals surface area contributed by atoms with Crippen molar-refractivity contribution in [1.29, 1.82) is 0 Å². The summed E-state index contributed by atoms with van der Waals surface area (Å²) in [6.07, 6.45) is 0.